The van der Waals surface area contributed by atoms with Crippen LogP contribution in [0.2, 0.25) is 0 Å². The van der Waals surface area contributed by atoms with E-state index in [1.807, 2.05) is 6.07 Å². The molecule has 6 heteroatoms. The first kappa shape index (κ1) is 17.2. The highest BCUT2D eigenvalue weighted by molar-refractivity contribution is 5.91. The number of amides is 1. The van der Waals surface area contributed by atoms with Gasteiger partial charge in [0.1, 0.15) is 0 Å². The number of hydrogen-bond acceptors (Lipinski definition) is 4. The van der Waals surface area contributed by atoms with Gasteiger partial charge in [0.2, 0.25) is 0 Å². The molecule has 138 valence electrons. The number of nitrogens with one attached hydrogen (secondary N) is 1. The minimum atomic E-state index is -0.147. The Morgan fingerprint density at radius 3 is 2.77 bits per heavy atom. The summed E-state index contributed by atoms with van der Waals surface area (Å²) in [4.78, 5) is 12.6. The first-order chi connectivity index (χ1) is 12.8. The molecule has 26 heavy (non-hydrogen) atoms. The molecule has 4 rings (SSSR count). The van der Waals surface area contributed by atoms with Crippen molar-refractivity contribution in [2.45, 2.75) is 56.6 Å². The third-order valence-corrected chi connectivity index (χ3v) is 5.72. The molecule has 1 aliphatic heterocycles. The van der Waals surface area contributed by atoms with Gasteiger partial charge in [-0.3, -0.25) is 4.79 Å². The number of aromatic nitrogens is 3. The van der Waals surface area contributed by atoms with E-state index in [0.717, 1.165) is 32.3 Å². The Bertz CT molecular complexity index is 731. The third-order valence-electron chi connectivity index (χ3n) is 5.72. The fourth-order valence-electron chi connectivity index (χ4n) is 4.24. The average molecular weight is 354 g/mol. The van der Waals surface area contributed by atoms with Crippen molar-refractivity contribution >= 4 is 5.91 Å². The number of rotatable bonds is 6. The van der Waals surface area contributed by atoms with Crippen LogP contribution in [0, 0.1) is 0 Å². The van der Waals surface area contributed by atoms with Crippen molar-refractivity contribution in [3.63, 3.8) is 0 Å². The van der Waals surface area contributed by atoms with Crippen molar-refractivity contribution in [3.8, 4) is 0 Å². The average Bonchev–Trinajstić information content (AvgIpc) is 3.43. The van der Waals surface area contributed by atoms with E-state index in [1.165, 1.54) is 18.4 Å². The Morgan fingerprint density at radius 2 is 2.04 bits per heavy atom. The first-order valence-corrected chi connectivity index (χ1v) is 9.61. The topological polar surface area (TPSA) is 69.0 Å². The molecule has 1 aromatic carbocycles. The molecule has 1 saturated carbocycles. The number of ether oxygens (including phenoxy) is 1. The Morgan fingerprint density at radius 1 is 1.23 bits per heavy atom. The fourth-order valence-corrected chi connectivity index (χ4v) is 4.24. The molecule has 2 aromatic rings. The zero-order valence-corrected chi connectivity index (χ0v) is 15.1. The van der Waals surface area contributed by atoms with E-state index >= 15 is 0 Å². The first-order valence-electron chi connectivity index (χ1n) is 9.61. The van der Waals surface area contributed by atoms with Crippen LogP contribution in [-0.4, -0.2) is 40.2 Å². The highest BCUT2D eigenvalue weighted by Gasteiger charge is 2.36. The van der Waals surface area contributed by atoms with Gasteiger partial charge in [0.15, 0.2) is 5.69 Å². The van der Waals surface area contributed by atoms with Crippen molar-refractivity contribution in [2.75, 3.05) is 13.2 Å². The maximum atomic E-state index is 12.6. The van der Waals surface area contributed by atoms with Gasteiger partial charge >= 0.3 is 0 Å². The van der Waals surface area contributed by atoms with Crippen LogP contribution in [0.3, 0.4) is 0 Å². The molecule has 1 saturated heterocycles. The number of hydrogen-bond donors (Lipinski definition) is 1. The highest BCUT2D eigenvalue weighted by Crippen LogP contribution is 2.40. The lowest BCUT2D eigenvalue weighted by Crippen LogP contribution is -2.39. The van der Waals surface area contributed by atoms with Gasteiger partial charge in [0, 0.05) is 18.6 Å². The summed E-state index contributed by atoms with van der Waals surface area (Å²) in [6.45, 7) is 2.12. The lowest BCUT2D eigenvalue weighted by atomic mass is 9.79. The van der Waals surface area contributed by atoms with Gasteiger partial charge < -0.3 is 10.1 Å². The standard InChI is InChI=1S/C20H26N4O2/c25-19(18-14-24(23-22-18)13-17-9-6-12-26-17)21-15-20(10-4-5-11-20)16-7-2-1-3-8-16/h1-3,7-8,14,17H,4-6,9-13,15H2,(H,21,25). The summed E-state index contributed by atoms with van der Waals surface area (Å²) in [7, 11) is 0. The monoisotopic (exact) mass is 354 g/mol. The lowest BCUT2D eigenvalue weighted by Gasteiger charge is -2.29. The van der Waals surface area contributed by atoms with E-state index in [4.69, 9.17) is 4.74 Å². The van der Waals surface area contributed by atoms with Crippen LogP contribution in [0.4, 0.5) is 0 Å². The summed E-state index contributed by atoms with van der Waals surface area (Å²) in [5, 5.41) is 11.2. The third kappa shape index (κ3) is 3.65. The Kier molecular flexibility index (Phi) is 5.02. The number of nitrogens with zero attached hydrogens (tertiary/aromatic N) is 3. The van der Waals surface area contributed by atoms with Crippen LogP contribution in [-0.2, 0) is 16.7 Å². The second-order valence-electron chi connectivity index (χ2n) is 7.50. The number of carbonyl (C=O) groups is 1. The van der Waals surface area contributed by atoms with Gasteiger partial charge in [0.25, 0.3) is 5.91 Å². The molecule has 1 aromatic heterocycles. The molecule has 2 aliphatic rings. The maximum Gasteiger partial charge on any atom is 0.273 e. The lowest BCUT2D eigenvalue weighted by molar-refractivity contribution is 0.0926. The number of carbonyl (C=O) groups excluding carboxylic acids is 1. The molecule has 1 unspecified atom stereocenters. The smallest absolute Gasteiger partial charge is 0.273 e. The molecule has 1 aliphatic carbocycles. The predicted molar refractivity (Wildman–Crippen MR) is 97.9 cm³/mol. The second-order valence-corrected chi connectivity index (χ2v) is 7.50. The fraction of sp³-hybridized carbons (Fsp3) is 0.550. The SMILES string of the molecule is O=C(NCC1(c2ccccc2)CCCC1)c1cn(CC2CCCO2)nn1. The van der Waals surface area contributed by atoms with Crippen molar-refractivity contribution in [3.05, 3.63) is 47.8 Å². The van der Waals surface area contributed by atoms with Crippen LogP contribution < -0.4 is 5.32 Å². The van der Waals surface area contributed by atoms with Crippen molar-refractivity contribution < 1.29 is 9.53 Å². The Labute approximate surface area is 153 Å². The summed E-state index contributed by atoms with van der Waals surface area (Å²) in [6.07, 6.45) is 8.69. The summed E-state index contributed by atoms with van der Waals surface area (Å²) in [6, 6.07) is 10.5. The number of benzene rings is 1. The van der Waals surface area contributed by atoms with Crippen molar-refractivity contribution in [1.82, 2.24) is 20.3 Å². The largest absolute Gasteiger partial charge is 0.376 e. The van der Waals surface area contributed by atoms with E-state index in [0.29, 0.717) is 18.8 Å². The quantitative estimate of drug-likeness (QED) is 0.866. The summed E-state index contributed by atoms with van der Waals surface area (Å²) < 4.78 is 7.33. The van der Waals surface area contributed by atoms with Gasteiger partial charge in [0.05, 0.1) is 18.8 Å². The van der Waals surface area contributed by atoms with E-state index < -0.39 is 0 Å². The minimum Gasteiger partial charge on any atom is -0.376 e. The van der Waals surface area contributed by atoms with Crippen LogP contribution >= 0.6 is 0 Å². The van der Waals surface area contributed by atoms with Gasteiger partial charge in [-0.25, -0.2) is 4.68 Å². The van der Waals surface area contributed by atoms with Crippen molar-refractivity contribution in [1.29, 1.82) is 0 Å². The molecule has 0 radical (unpaired) electrons. The molecule has 2 heterocycles. The molecular formula is C20H26N4O2. The maximum absolute atomic E-state index is 12.6. The van der Waals surface area contributed by atoms with E-state index in [-0.39, 0.29) is 17.4 Å². The molecule has 6 nitrogen and oxygen atoms in total. The molecule has 2 fully saturated rings. The highest BCUT2D eigenvalue weighted by atomic mass is 16.5. The van der Waals surface area contributed by atoms with E-state index in [2.05, 4.69) is 39.9 Å². The van der Waals surface area contributed by atoms with Crippen LogP contribution in [0.15, 0.2) is 36.5 Å². The van der Waals surface area contributed by atoms with Gasteiger partial charge in [-0.2, -0.15) is 0 Å². The summed E-state index contributed by atoms with van der Waals surface area (Å²) in [5.41, 5.74) is 1.74. The zero-order valence-electron chi connectivity index (χ0n) is 15.1. The Balaban J connectivity index is 1.39. The molecule has 1 atom stereocenters. The summed E-state index contributed by atoms with van der Waals surface area (Å²) in [5.74, 6) is -0.147. The second kappa shape index (κ2) is 7.58. The minimum absolute atomic E-state index is 0.0462. The van der Waals surface area contributed by atoms with E-state index in [1.54, 1.807) is 10.9 Å². The van der Waals surface area contributed by atoms with Gasteiger partial charge in [-0.05, 0) is 31.2 Å². The van der Waals surface area contributed by atoms with Gasteiger partial charge in [-0.1, -0.05) is 48.4 Å². The van der Waals surface area contributed by atoms with E-state index in [9.17, 15) is 4.79 Å². The predicted octanol–water partition coefficient (Wildman–Crippen LogP) is 2.70. The molecule has 0 bridgehead atoms. The van der Waals surface area contributed by atoms with Crippen LogP contribution in [0.1, 0.15) is 54.6 Å². The normalized spacial score (nSPS) is 21.8. The molecule has 1 N–H and O–H groups in total. The molecule has 1 amide bonds. The summed E-state index contributed by atoms with van der Waals surface area (Å²) >= 11 is 0. The molecular weight excluding hydrogens is 328 g/mol. The van der Waals surface area contributed by atoms with Crippen LogP contribution in [0.5, 0.6) is 0 Å². The molecule has 0 spiro atoms. The zero-order chi connectivity index (χ0) is 17.8. The Hall–Kier alpha value is -2.21. The van der Waals surface area contributed by atoms with Crippen LogP contribution in [0.25, 0.3) is 0 Å². The van der Waals surface area contributed by atoms with Crippen molar-refractivity contribution in [2.24, 2.45) is 0 Å². The van der Waals surface area contributed by atoms with Gasteiger partial charge in [-0.15, -0.1) is 5.10 Å².